The van der Waals surface area contributed by atoms with Crippen molar-refractivity contribution in [1.29, 1.82) is 0 Å². The van der Waals surface area contributed by atoms with Crippen molar-refractivity contribution in [3.8, 4) is 0 Å². The Kier molecular flexibility index (Phi) is 4.87. The average Bonchev–Trinajstić information content (AvgIpc) is 2.56. The summed E-state index contributed by atoms with van der Waals surface area (Å²) < 4.78 is 0. The molecule has 0 saturated carbocycles. The molecule has 1 aliphatic rings. The van der Waals surface area contributed by atoms with E-state index in [0.29, 0.717) is 11.6 Å². The van der Waals surface area contributed by atoms with E-state index in [1.807, 2.05) is 24.3 Å². The van der Waals surface area contributed by atoms with Gasteiger partial charge in [-0.15, -0.1) is 0 Å². The molecule has 1 aliphatic heterocycles. The summed E-state index contributed by atoms with van der Waals surface area (Å²) in [5, 5.41) is 11.0. The first-order valence-corrected chi connectivity index (χ1v) is 7.77. The molecular formula is C16H19ClN4O. The van der Waals surface area contributed by atoms with Crippen LogP contribution in [0.3, 0.4) is 0 Å². The maximum Gasteiger partial charge on any atom is 0.147 e. The predicted octanol–water partition coefficient (Wildman–Crippen LogP) is 1.99. The lowest BCUT2D eigenvalue weighted by Gasteiger charge is -2.36. The van der Waals surface area contributed by atoms with Crippen LogP contribution in [-0.2, 0) is 0 Å². The standard InChI is InChI=1S/C16H19ClN4O/c17-14-3-1-2-13(10-14)15(22)12-20-6-8-21(9-7-20)16-11-18-4-5-19-16/h1-5,10-11,15,22H,6-9,12H2/t15-/m0/s1. The zero-order valence-corrected chi connectivity index (χ0v) is 13.0. The Bertz CT molecular complexity index is 602. The van der Waals surface area contributed by atoms with Crippen LogP contribution in [0.15, 0.2) is 42.9 Å². The van der Waals surface area contributed by atoms with Crippen molar-refractivity contribution in [2.75, 3.05) is 37.6 Å². The Balaban J connectivity index is 1.54. The lowest BCUT2D eigenvalue weighted by atomic mass is 10.1. The first-order chi connectivity index (χ1) is 10.7. The van der Waals surface area contributed by atoms with Gasteiger partial charge in [0.15, 0.2) is 0 Å². The fourth-order valence-corrected chi connectivity index (χ4v) is 2.88. The van der Waals surface area contributed by atoms with E-state index in [4.69, 9.17) is 11.6 Å². The average molecular weight is 319 g/mol. The lowest BCUT2D eigenvalue weighted by molar-refractivity contribution is 0.109. The number of β-amino-alcohol motifs (C(OH)–C–C–N with tert-alkyl or cyclic N) is 1. The zero-order valence-electron chi connectivity index (χ0n) is 12.3. The molecule has 1 saturated heterocycles. The fourth-order valence-electron chi connectivity index (χ4n) is 2.68. The van der Waals surface area contributed by atoms with E-state index in [2.05, 4.69) is 19.8 Å². The molecule has 116 valence electrons. The second kappa shape index (κ2) is 7.05. The van der Waals surface area contributed by atoms with Crippen molar-refractivity contribution < 1.29 is 5.11 Å². The van der Waals surface area contributed by atoms with Crippen LogP contribution in [0.5, 0.6) is 0 Å². The SMILES string of the molecule is O[C@@H](CN1CCN(c2cnccn2)CC1)c1cccc(Cl)c1. The Morgan fingerprint density at radius 1 is 1.18 bits per heavy atom. The highest BCUT2D eigenvalue weighted by atomic mass is 35.5. The van der Waals surface area contributed by atoms with Crippen LogP contribution in [-0.4, -0.2) is 52.7 Å². The summed E-state index contributed by atoms with van der Waals surface area (Å²) in [5.41, 5.74) is 0.865. The monoisotopic (exact) mass is 318 g/mol. The largest absolute Gasteiger partial charge is 0.387 e. The predicted molar refractivity (Wildman–Crippen MR) is 87.1 cm³/mol. The molecule has 0 unspecified atom stereocenters. The van der Waals surface area contributed by atoms with Gasteiger partial charge in [-0.05, 0) is 17.7 Å². The third-order valence-corrected chi connectivity index (χ3v) is 4.15. The molecule has 3 rings (SSSR count). The van der Waals surface area contributed by atoms with Crippen LogP contribution in [0.25, 0.3) is 0 Å². The molecular weight excluding hydrogens is 300 g/mol. The minimum atomic E-state index is -0.512. The highest BCUT2D eigenvalue weighted by molar-refractivity contribution is 6.30. The number of anilines is 1. The number of piperazine rings is 1. The van der Waals surface area contributed by atoms with Crippen molar-refractivity contribution in [3.05, 3.63) is 53.4 Å². The van der Waals surface area contributed by atoms with Gasteiger partial charge in [-0.1, -0.05) is 23.7 Å². The van der Waals surface area contributed by atoms with Crippen LogP contribution in [0, 0.1) is 0 Å². The normalized spacial score (nSPS) is 17.5. The topological polar surface area (TPSA) is 52.5 Å². The molecule has 2 heterocycles. The smallest absolute Gasteiger partial charge is 0.147 e. The number of nitrogens with zero attached hydrogens (tertiary/aromatic N) is 4. The summed E-state index contributed by atoms with van der Waals surface area (Å²) in [6, 6.07) is 7.42. The Morgan fingerprint density at radius 2 is 2.00 bits per heavy atom. The van der Waals surface area contributed by atoms with Crippen molar-refractivity contribution >= 4 is 17.4 Å². The highest BCUT2D eigenvalue weighted by Gasteiger charge is 2.20. The van der Waals surface area contributed by atoms with Crippen LogP contribution in [0.1, 0.15) is 11.7 Å². The minimum Gasteiger partial charge on any atom is -0.387 e. The number of halogens is 1. The highest BCUT2D eigenvalue weighted by Crippen LogP contribution is 2.20. The quantitative estimate of drug-likeness (QED) is 0.934. The molecule has 1 atom stereocenters. The van der Waals surface area contributed by atoms with Gasteiger partial charge in [0.05, 0.1) is 12.3 Å². The molecule has 1 fully saturated rings. The molecule has 0 radical (unpaired) electrons. The van der Waals surface area contributed by atoms with Crippen LogP contribution in [0.4, 0.5) is 5.82 Å². The van der Waals surface area contributed by atoms with E-state index in [1.54, 1.807) is 18.6 Å². The molecule has 0 spiro atoms. The summed E-state index contributed by atoms with van der Waals surface area (Å²) in [6.45, 7) is 4.19. The van der Waals surface area contributed by atoms with Crippen molar-refractivity contribution in [2.45, 2.75) is 6.10 Å². The van der Waals surface area contributed by atoms with Gasteiger partial charge < -0.3 is 10.0 Å². The first kappa shape index (κ1) is 15.2. The van der Waals surface area contributed by atoms with Gasteiger partial charge in [0.2, 0.25) is 0 Å². The van der Waals surface area contributed by atoms with Crippen LogP contribution in [0.2, 0.25) is 5.02 Å². The lowest BCUT2D eigenvalue weighted by Crippen LogP contribution is -2.47. The van der Waals surface area contributed by atoms with Gasteiger partial charge in [0, 0.05) is 50.1 Å². The number of aliphatic hydroxyl groups excluding tert-OH is 1. The van der Waals surface area contributed by atoms with Crippen molar-refractivity contribution in [1.82, 2.24) is 14.9 Å². The van der Waals surface area contributed by atoms with E-state index in [0.717, 1.165) is 37.6 Å². The second-order valence-corrected chi connectivity index (χ2v) is 5.86. The molecule has 22 heavy (non-hydrogen) atoms. The second-order valence-electron chi connectivity index (χ2n) is 5.42. The first-order valence-electron chi connectivity index (χ1n) is 7.39. The van der Waals surface area contributed by atoms with Gasteiger partial charge in [0.25, 0.3) is 0 Å². The van der Waals surface area contributed by atoms with E-state index >= 15 is 0 Å². The molecule has 0 amide bonds. The molecule has 1 aromatic heterocycles. The number of benzene rings is 1. The number of aliphatic hydroxyl groups is 1. The third-order valence-electron chi connectivity index (χ3n) is 3.91. The number of aromatic nitrogens is 2. The molecule has 1 N–H and O–H groups in total. The van der Waals surface area contributed by atoms with E-state index in [-0.39, 0.29) is 0 Å². The zero-order chi connectivity index (χ0) is 15.4. The van der Waals surface area contributed by atoms with Crippen LogP contribution >= 0.6 is 11.6 Å². The van der Waals surface area contributed by atoms with E-state index in [1.165, 1.54) is 0 Å². The van der Waals surface area contributed by atoms with Crippen LogP contribution < -0.4 is 4.90 Å². The van der Waals surface area contributed by atoms with Gasteiger partial charge in [-0.2, -0.15) is 0 Å². The summed E-state index contributed by atoms with van der Waals surface area (Å²) >= 11 is 5.97. The molecule has 6 heteroatoms. The van der Waals surface area contributed by atoms with Gasteiger partial charge >= 0.3 is 0 Å². The summed E-state index contributed by atoms with van der Waals surface area (Å²) in [5.74, 6) is 0.914. The van der Waals surface area contributed by atoms with E-state index in [9.17, 15) is 5.11 Å². The fraction of sp³-hybridized carbons (Fsp3) is 0.375. The Hall–Kier alpha value is -1.69. The molecule has 0 aliphatic carbocycles. The molecule has 1 aromatic carbocycles. The maximum absolute atomic E-state index is 10.3. The third kappa shape index (κ3) is 3.74. The summed E-state index contributed by atoms with van der Waals surface area (Å²) in [6.07, 6.45) is 4.67. The minimum absolute atomic E-state index is 0.512. The summed E-state index contributed by atoms with van der Waals surface area (Å²) in [4.78, 5) is 12.9. The Labute approximate surface area is 135 Å². The van der Waals surface area contributed by atoms with E-state index < -0.39 is 6.10 Å². The number of hydrogen-bond acceptors (Lipinski definition) is 5. The van der Waals surface area contributed by atoms with Crippen molar-refractivity contribution in [2.24, 2.45) is 0 Å². The van der Waals surface area contributed by atoms with Gasteiger partial charge in [0.1, 0.15) is 5.82 Å². The van der Waals surface area contributed by atoms with Gasteiger partial charge in [-0.25, -0.2) is 4.98 Å². The van der Waals surface area contributed by atoms with Gasteiger partial charge in [-0.3, -0.25) is 9.88 Å². The number of hydrogen-bond donors (Lipinski definition) is 1. The van der Waals surface area contributed by atoms with Crippen molar-refractivity contribution in [3.63, 3.8) is 0 Å². The number of rotatable bonds is 4. The Morgan fingerprint density at radius 3 is 2.68 bits per heavy atom. The molecule has 5 nitrogen and oxygen atoms in total. The maximum atomic E-state index is 10.3. The molecule has 2 aromatic rings. The molecule has 0 bridgehead atoms. The summed E-state index contributed by atoms with van der Waals surface area (Å²) in [7, 11) is 0.